The average molecular weight is 456 g/mol. The van der Waals surface area contributed by atoms with Crippen LogP contribution in [0, 0.1) is 6.92 Å². The standard InChI is InChI=1S/C12H6F6O8S2/c1-5-2-9(19)24-7-3-6(25-27(20,21)11(13,14)15)4-8(10(5)7)26-28(22,23)12(16,17)18/h2-4H,1H3. The molecule has 0 bridgehead atoms. The van der Waals surface area contributed by atoms with Gasteiger partial charge in [0.25, 0.3) is 0 Å². The molecular formula is C12H6F6O8S2. The molecule has 8 nitrogen and oxygen atoms in total. The highest BCUT2D eigenvalue weighted by molar-refractivity contribution is 7.88. The van der Waals surface area contributed by atoms with Gasteiger partial charge in [0.05, 0.1) is 5.39 Å². The van der Waals surface area contributed by atoms with Crippen molar-refractivity contribution in [3.8, 4) is 11.5 Å². The van der Waals surface area contributed by atoms with Crippen molar-refractivity contribution in [3.63, 3.8) is 0 Å². The smallest absolute Gasteiger partial charge is 0.422 e. The summed E-state index contributed by atoms with van der Waals surface area (Å²) < 4.78 is 132. The van der Waals surface area contributed by atoms with E-state index in [4.69, 9.17) is 0 Å². The van der Waals surface area contributed by atoms with Gasteiger partial charge in [-0.1, -0.05) is 0 Å². The van der Waals surface area contributed by atoms with E-state index >= 15 is 0 Å². The predicted octanol–water partition coefficient (Wildman–Crippen LogP) is 2.56. The molecule has 2 rings (SSSR count). The first-order valence-corrected chi connectivity index (χ1v) is 9.36. The highest BCUT2D eigenvalue weighted by Crippen LogP contribution is 2.37. The number of rotatable bonds is 4. The Hall–Kier alpha value is -2.49. The van der Waals surface area contributed by atoms with E-state index in [1.54, 1.807) is 0 Å². The molecule has 1 aromatic heterocycles. The molecule has 0 aliphatic carbocycles. The fourth-order valence-electron chi connectivity index (χ4n) is 1.87. The first kappa shape index (κ1) is 21.8. The van der Waals surface area contributed by atoms with Crippen LogP contribution >= 0.6 is 0 Å². The minimum Gasteiger partial charge on any atom is -0.422 e. The third-order valence-corrected chi connectivity index (χ3v) is 4.90. The van der Waals surface area contributed by atoms with Crippen LogP contribution in [0.4, 0.5) is 26.3 Å². The largest absolute Gasteiger partial charge is 0.534 e. The number of aryl methyl sites for hydroxylation is 1. The fourth-order valence-corrected chi connectivity index (χ4v) is 2.78. The molecule has 1 heterocycles. The van der Waals surface area contributed by atoms with E-state index < -0.39 is 59.3 Å². The van der Waals surface area contributed by atoms with E-state index in [1.165, 1.54) is 0 Å². The number of hydrogen-bond donors (Lipinski definition) is 0. The van der Waals surface area contributed by atoms with Gasteiger partial charge in [0.15, 0.2) is 5.75 Å². The number of halogens is 6. The van der Waals surface area contributed by atoms with E-state index in [2.05, 4.69) is 12.8 Å². The molecule has 156 valence electrons. The normalized spacial score (nSPS) is 13.5. The molecule has 2 aromatic rings. The number of hydrogen-bond acceptors (Lipinski definition) is 8. The Balaban J connectivity index is 2.76. The molecule has 16 heteroatoms. The van der Waals surface area contributed by atoms with E-state index in [0.29, 0.717) is 6.07 Å². The third kappa shape index (κ3) is 4.16. The first-order valence-electron chi connectivity index (χ1n) is 6.54. The Morgan fingerprint density at radius 1 is 0.857 bits per heavy atom. The lowest BCUT2D eigenvalue weighted by Gasteiger charge is -2.14. The van der Waals surface area contributed by atoms with Gasteiger partial charge in [0.1, 0.15) is 11.3 Å². The van der Waals surface area contributed by atoms with E-state index in [-0.39, 0.29) is 11.6 Å². The first-order chi connectivity index (χ1) is 12.4. The van der Waals surface area contributed by atoms with E-state index in [0.717, 1.165) is 13.0 Å². The number of fused-ring (bicyclic) bond motifs is 1. The summed E-state index contributed by atoms with van der Waals surface area (Å²) in [7, 11) is -12.6. The summed E-state index contributed by atoms with van der Waals surface area (Å²) in [5, 5.41) is -0.552. The Morgan fingerprint density at radius 2 is 1.36 bits per heavy atom. The summed E-state index contributed by atoms with van der Waals surface area (Å²) in [4.78, 5) is 11.4. The minimum absolute atomic E-state index is 0.155. The SMILES string of the molecule is Cc1cc(=O)oc2cc(OS(=O)(=O)C(F)(F)F)cc(OS(=O)(=O)C(F)(F)F)c12. The molecule has 0 unspecified atom stereocenters. The topological polar surface area (TPSA) is 117 Å². The van der Waals surface area contributed by atoms with E-state index in [1.807, 2.05) is 0 Å². The lowest BCUT2D eigenvalue weighted by Crippen LogP contribution is -2.29. The van der Waals surface area contributed by atoms with Gasteiger partial charge in [-0.2, -0.15) is 43.2 Å². The monoisotopic (exact) mass is 456 g/mol. The van der Waals surface area contributed by atoms with Gasteiger partial charge < -0.3 is 12.8 Å². The summed E-state index contributed by atoms with van der Waals surface area (Å²) in [5.41, 5.74) is -13.9. The zero-order valence-electron chi connectivity index (χ0n) is 13.1. The molecular weight excluding hydrogens is 450 g/mol. The van der Waals surface area contributed by atoms with Crippen LogP contribution in [0.15, 0.2) is 27.4 Å². The molecule has 0 saturated carbocycles. The Bertz CT molecular complexity index is 1190. The van der Waals surface area contributed by atoms with Crippen LogP contribution in [-0.4, -0.2) is 27.9 Å². The zero-order chi connectivity index (χ0) is 21.7. The van der Waals surface area contributed by atoms with Gasteiger partial charge in [-0.05, 0) is 12.5 Å². The van der Waals surface area contributed by atoms with Gasteiger partial charge in [-0.3, -0.25) is 0 Å². The molecule has 0 N–H and O–H groups in total. The summed E-state index contributed by atoms with van der Waals surface area (Å²) in [6.45, 7) is 1.12. The van der Waals surface area contributed by atoms with Crippen LogP contribution in [0.3, 0.4) is 0 Å². The Kier molecular flexibility index (Phi) is 5.09. The minimum atomic E-state index is -6.31. The second-order valence-corrected chi connectivity index (χ2v) is 8.09. The predicted molar refractivity (Wildman–Crippen MR) is 78.4 cm³/mol. The molecule has 0 aliphatic rings. The summed E-state index contributed by atoms with van der Waals surface area (Å²) in [5.74, 6) is -2.59. The van der Waals surface area contributed by atoms with Crippen LogP contribution < -0.4 is 14.0 Å². The van der Waals surface area contributed by atoms with Crippen molar-refractivity contribution >= 4 is 31.2 Å². The maximum Gasteiger partial charge on any atom is 0.534 e. The second-order valence-electron chi connectivity index (χ2n) is 5.01. The van der Waals surface area contributed by atoms with Crippen molar-refractivity contribution < 1.29 is 56.0 Å². The Morgan fingerprint density at radius 3 is 1.86 bits per heavy atom. The maximum atomic E-state index is 12.5. The van der Waals surface area contributed by atoms with Crippen molar-refractivity contribution in [2.24, 2.45) is 0 Å². The molecule has 0 saturated heterocycles. The van der Waals surface area contributed by atoms with Crippen LogP contribution in [0.1, 0.15) is 5.56 Å². The molecule has 1 aromatic carbocycles. The quantitative estimate of drug-likeness (QED) is 0.298. The van der Waals surface area contributed by atoms with Crippen molar-refractivity contribution in [1.29, 1.82) is 0 Å². The van der Waals surface area contributed by atoms with Crippen molar-refractivity contribution in [1.82, 2.24) is 0 Å². The summed E-state index contributed by atoms with van der Waals surface area (Å²) in [6, 6.07) is 1.31. The van der Waals surface area contributed by atoms with E-state index in [9.17, 15) is 48.0 Å². The van der Waals surface area contributed by atoms with Gasteiger partial charge in [-0.15, -0.1) is 0 Å². The molecule has 0 radical (unpaired) electrons. The van der Waals surface area contributed by atoms with Crippen LogP contribution in [0.25, 0.3) is 11.0 Å². The second kappa shape index (κ2) is 6.54. The van der Waals surface area contributed by atoms with Gasteiger partial charge in [0.2, 0.25) is 0 Å². The van der Waals surface area contributed by atoms with Crippen molar-refractivity contribution in [2.75, 3.05) is 0 Å². The number of alkyl halides is 6. The fraction of sp³-hybridized carbons (Fsp3) is 0.250. The Labute approximate surface area is 151 Å². The lowest BCUT2D eigenvalue weighted by molar-refractivity contribution is -0.0502. The number of benzene rings is 1. The highest BCUT2D eigenvalue weighted by atomic mass is 32.2. The van der Waals surface area contributed by atoms with Crippen LogP contribution in [0.2, 0.25) is 0 Å². The zero-order valence-corrected chi connectivity index (χ0v) is 14.7. The molecule has 0 fully saturated rings. The molecule has 0 amide bonds. The molecule has 28 heavy (non-hydrogen) atoms. The lowest BCUT2D eigenvalue weighted by atomic mass is 10.1. The van der Waals surface area contributed by atoms with Crippen LogP contribution in [-0.2, 0) is 20.2 Å². The van der Waals surface area contributed by atoms with Crippen molar-refractivity contribution in [3.05, 3.63) is 34.2 Å². The average Bonchev–Trinajstić information content (AvgIpc) is 2.42. The van der Waals surface area contributed by atoms with Gasteiger partial charge in [-0.25, -0.2) is 4.79 Å². The maximum absolute atomic E-state index is 12.5. The summed E-state index contributed by atoms with van der Waals surface area (Å²) in [6.07, 6.45) is 0. The molecule has 0 spiro atoms. The molecule has 0 aliphatic heterocycles. The molecule has 0 atom stereocenters. The van der Waals surface area contributed by atoms with Gasteiger partial charge in [0, 0.05) is 18.2 Å². The highest BCUT2D eigenvalue weighted by Gasteiger charge is 2.50. The van der Waals surface area contributed by atoms with Gasteiger partial charge >= 0.3 is 36.9 Å². The van der Waals surface area contributed by atoms with Crippen LogP contribution in [0.5, 0.6) is 11.5 Å². The third-order valence-electron chi connectivity index (χ3n) is 2.95. The van der Waals surface area contributed by atoms with Crippen molar-refractivity contribution in [2.45, 2.75) is 17.9 Å². The summed E-state index contributed by atoms with van der Waals surface area (Å²) >= 11 is 0.